The van der Waals surface area contributed by atoms with Gasteiger partial charge in [-0.3, -0.25) is 4.79 Å². The topological polar surface area (TPSA) is 75.7 Å². The van der Waals surface area contributed by atoms with E-state index in [1.807, 2.05) is 31.2 Å². The summed E-state index contributed by atoms with van der Waals surface area (Å²) in [4.78, 5) is 15.2. The highest BCUT2D eigenvalue weighted by molar-refractivity contribution is 7.89. The molecule has 0 aromatic heterocycles. The fraction of sp³-hybridized carbons (Fsp3) is 0.240. The maximum atomic E-state index is 13.2. The molecule has 0 saturated heterocycles. The minimum Gasteiger partial charge on any atom is -0.497 e. The molecular weight excluding hydrogens is 424 g/mol. The largest absolute Gasteiger partial charge is 0.497 e. The summed E-state index contributed by atoms with van der Waals surface area (Å²) in [6.07, 6.45) is 0.802. The molecule has 1 unspecified atom stereocenters. The van der Waals surface area contributed by atoms with Crippen LogP contribution in [0.15, 0.2) is 77.7 Å². The molecule has 0 radical (unpaired) electrons. The lowest BCUT2D eigenvalue weighted by Crippen LogP contribution is -2.35. The maximum Gasteiger partial charge on any atom is 0.241 e. The van der Waals surface area contributed by atoms with E-state index in [1.165, 1.54) is 0 Å². The van der Waals surface area contributed by atoms with Gasteiger partial charge in [-0.15, -0.1) is 0 Å². The van der Waals surface area contributed by atoms with Crippen molar-refractivity contribution in [1.82, 2.24) is 4.72 Å². The molecule has 1 aliphatic heterocycles. The zero-order chi connectivity index (χ0) is 22.7. The Morgan fingerprint density at radius 2 is 1.72 bits per heavy atom. The number of benzene rings is 3. The van der Waals surface area contributed by atoms with Crippen molar-refractivity contribution in [3.05, 3.63) is 89.5 Å². The van der Waals surface area contributed by atoms with E-state index in [9.17, 15) is 13.2 Å². The van der Waals surface area contributed by atoms with Crippen molar-refractivity contribution in [3.8, 4) is 5.75 Å². The number of carbonyl (C=O) groups is 1. The summed E-state index contributed by atoms with van der Waals surface area (Å²) in [6.45, 7) is 2.49. The van der Waals surface area contributed by atoms with Crippen molar-refractivity contribution in [1.29, 1.82) is 0 Å². The Labute approximate surface area is 188 Å². The van der Waals surface area contributed by atoms with E-state index in [0.717, 1.165) is 23.2 Å². The molecule has 32 heavy (non-hydrogen) atoms. The third-order valence-electron chi connectivity index (χ3n) is 5.71. The quantitative estimate of drug-likeness (QED) is 0.590. The number of fused-ring (bicyclic) bond motifs is 1. The van der Waals surface area contributed by atoms with Gasteiger partial charge in [-0.1, -0.05) is 48.0 Å². The number of amides is 1. The number of nitrogens with zero attached hydrogens (tertiary/aromatic N) is 1. The number of aryl methyl sites for hydroxylation is 1. The van der Waals surface area contributed by atoms with Gasteiger partial charge in [0, 0.05) is 18.7 Å². The van der Waals surface area contributed by atoms with Crippen LogP contribution in [-0.2, 0) is 21.2 Å². The molecule has 0 bridgehead atoms. The average molecular weight is 451 g/mol. The third kappa shape index (κ3) is 4.69. The van der Waals surface area contributed by atoms with Crippen LogP contribution in [0, 0.1) is 6.92 Å². The van der Waals surface area contributed by atoms with Crippen molar-refractivity contribution >= 4 is 21.6 Å². The van der Waals surface area contributed by atoms with Gasteiger partial charge >= 0.3 is 0 Å². The highest BCUT2D eigenvalue weighted by atomic mass is 32.2. The zero-order valence-corrected chi connectivity index (χ0v) is 18.9. The Morgan fingerprint density at radius 3 is 2.41 bits per heavy atom. The van der Waals surface area contributed by atoms with Gasteiger partial charge in [0.05, 0.1) is 18.0 Å². The fourth-order valence-electron chi connectivity index (χ4n) is 3.92. The standard InChI is InChI=1S/C25H26N2O4S/c1-18-7-13-22(14-8-18)32(29,30)26-23(19-9-11-21(31-2)12-10-19)17-25(28)27-16-15-20-5-3-4-6-24(20)27/h3-14,23,26H,15-17H2,1-2H3. The predicted octanol–water partition coefficient (Wildman–Crippen LogP) is 4.00. The number of carbonyl (C=O) groups excluding carboxylic acids is 1. The lowest BCUT2D eigenvalue weighted by Gasteiger charge is -2.23. The number of para-hydroxylation sites is 1. The Kier molecular flexibility index (Phi) is 6.30. The first-order chi connectivity index (χ1) is 15.4. The normalized spacial score (nSPS) is 14.1. The summed E-state index contributed by atoms with van der Waals surface area (Å²) in [5.74, 6) is 0.538. The van der Waals surface area contributed by atoms with Crippen molar-refractivity contribution in [2.24, 2.45) is 0 Å². The molecule has 7 heteroatoms. The Balaban J connectivity index is 1.62. The number of ether oxygens (including phenoxy) is 1. The predicted molar refractivity (Wildman–Crippen MR) is 124 cm³/mol. The summed E-state index contributed by atoms with van der Waals surface area (Å²) in [5.41, 5.74) is 3.69. The van der Waals surface area contributed by atoms with E-state index in [2.05, 4.69) is 4.72 Å². The molecule has 0 fully saturated rings. The fourth-order valence-corrected chi connectivity index (χ4v) is 5.14. The van der Waals surface area contributed by atoms with Crippen molar-refractivity contribution in [2.45, 2.75) is 30.7 Å². The van der Waals surface area contributed by atoms with E-state index in [4.69, 9.17) is 4.74 Å². The van der Waals surface area contributed by atoms with Crippen LogP contribution in [-0.4, -0.2) is 28.0 Å². The summed E-state index contributed by atoms with van der Waals surface area (Å²) in [6, 6.07) is 20.8. The van der Waals surface area contributed by atoms with Crippen LogP contribution < -0.4 is 14.4 Å². The smallest absolute Gasteiger partial charge is 0.241 e. The summed E-state index contributed by atoms with van der Waals surface area (Å²) >= 11 is 0. The number of rotatable bonds is 7. The first-order valence-corrected chi connectivity index (χ1v) is 12.0. The number of sulfonamides is 1. The van der Waals surface area contributed by atoms with Crippen LogP contribution in [0.2, 0.25) is 0 Å². The Bertz CT molecular complexity index is 1210. The molecule has 1 N–H and O–H groups in total. The second kappa shape index (κ2) is 9.14. The number of methoxy groups -OCH3 is 1. The lowest BCUT2D eigenvalue weighted by molar-refractivity contribution is -0.118. The number of hydrogen-bond acceptors (Lipinski definition) is 4. The molecule has 1 atom stereocenters. The number of anilines is 1. The van der Waals surface area contributed by atoms with Crippen molar-refractivity contribution in [2.75, 3.05) is 18.6 Å². The molecule has 4 rings (SSSR count). The van der Waals surface area contributed by atoms with Crippen LogP contribution in [0.4, 0.5) is 5.69 Å². The molecule has 3 aromatic rings. The van der Waals surface area contributed by atoms with E-state index < -0.39 is 16.1 Å². The van der Waals surface area contributed by atoms with Crippen LogP contribution in [0.3, 0.4) is 0 Å². The Hall–Kier alpha value is -3.16. The van der Waals surface area contributed by atoms with Gasteiger partial charge in [0.2, 0.25) is 15.9 Å². The highest BCUT2D eigenvalue weighted by Gasteiger charge is 2.29. The molecule has 0 saturated carbocycles. The van der Waals surface area contributed by atoms with Gasteiger partial charge < -0.3 is 9.64 Å². The van der Waals surface area contributed by atoms with E-state index in [-0.39, 0.29) is 17.2 Å². The van der Waals surface area contributed by atoms with Crippen LogP contribution in [0.1, 0.15) is 29.2 Å². The molecule has 3 aromatic carbocycles. The molecular formula is C25H26N2O4S. The molecule has 1 heterocycles. The van der Waals surface area contributed by atoms with Crippen LogP contribution >= 0.6 is 0 Å². The molecule has 1 amide bonds. The van der Waals surface area contributed by atoms with Gasteiger partial charge in [-0.2, -0.15) is 0 Å². The second-order valence-electron chi connectivity index (χ2n) is 7.89. The Morgan fingerprint density at radius 1 is 1.03 bits per heavy atom. The monoisotopic (exact) mass is 450 g/mol. The SMILES string of the molecule is COc1ccc(C(CC(=O)N2CCc3ccccc32)NS(=O)(=O)c2ccc(C)cc2)cc1. The van der Waals surface area contributed by atoms with Gasteiger partial charge in [-0.05, 0) is 54.8 Å². The minimum atomic E-state index is -3.82. The maximum absolute atomic E-state index is 13.2. The van der Waals surface area contributed by atoms with Crippen LogP contribution in [0.5, 0.6) is 5.75 Å². The molecule has 0 spiro atoms. The second-order valence-corrected chi connectivity index (χ2v) is 9.60. The summed E-state index contributed by atoms with van der Waals surface area (Å²) < 4.78 is 34.1. The van der Waals surface area contributed by atoms with Gasteiger partial charge in [0.15, 0.2) is 0 Å². The number of hydrogen-bond donors (Lipinski definition) is 1. The molecule has 6 nitrogen and oxygen atoms in total. The van der Waals surface area contributed by atoms with E-state index >= 15 is 0 Å². The van der Waals surface area contributed by atoms with Crippen LogP contribution in [0.25, 0.3) is 0 Å². The van der Waals surface area contributed by atoms with Gasteiger partial charge in [0.1, 0.15) is 5.75 Å². The summed E-state index contributed by atoms with van der Waals surface area (Å²) in [7, 11) is -2.25. The van der Waals surface area contributed by atoms with Gasteiger partial charge in [0.25, 0.3) is 0 Å². The van der Waals surface area contributed by atoms with Crippen molar-refractivity contribution in [3.63, 3.8) is 0 Å². The first-order valence-electron chi connectivity index (χ1n) is 10.5. The molecule has 1 aliphatic rings. The third-order valence-corrected chi connectivity index (χ3v) is 7.20. The average Bonchev–Trinajstić information content (AvgIpc) is 3.23. The minimum absolute atomic E-state index is 0.00571. The van der Waals surface area contributed by atoms with E-state index in [1.54, 1.807) is 60.5 Å². The van der Waals surface area contributed by atoms with Gasteiger partial charge in [-0.25, -0.2) is 13.1 Å². The summed E-state index contributed by atoms with van der Waals surface area (Å²) in [5, 5.41) is 0. The molecule has 0 aliphatic carbocycles. The number of nitrogens with one attached hydrogen (secondary N) is 1. The highest BCUT2D eigenvalue weighted by Crippen LogP contribution is 2.30. The van der Waals surface area contributed by atoms with Crippen molar-refractivity contribution < 1.29 is 17.9 Å². The van der Waals surface area contributed by atoms with E-state index in [0.29, 0.717) is 17.9 Å². The molecule has 166 valence electrons. The lowest BCUT2D eigenvalue weighted by atomic mass is 10.0. The zero-order valence-electron chi connectivity index (χ0n) is 18.1. The first kappa shape index (κ1) is 22.0.